The first kappa shape index (κ1) is 11.2. The molecule has 88 valence electrons. The van der Waals surface area contributed by atoms with Crippen LogP contribution in [-0.2, 0) is 19.1 Å². The van der Waals surface area contributed by atoms with E-state index in [2.05, 4.69) is 0 Å². The summed E-state index contributed by atoms with van der Waals surface area (Å²) < 4.78 is 9.90. The third-order valence-electron chi connectivity index (χ3n) is 3.46. The second-order valence-electron chi connectivity index (χ2n) is 4.42. The van der Waals surface area contributed by atoms with E-state index in [1.54, 1.807) is 6.92 Å². The topological polar surface area (TPSA) is 52.6 Å². The Morgan fingerprint density at radius 3 is 3.00 bits per heavy atom. The molecule has 2 rings (SSSR count). The van der Waals surface area contributed by atoms with Crippen LogP contribution < -0.4 is 0 Å². The summed E-state index contributed by atoms with van der Waals surface area (Å²) in [7, 11) is 0. The molecule has 3 atom stereocenters. The number of carbonyl (C=O) groups excluding carboxylic acids is 2. The highest BCUT2D eigenvalue weighted by Gasteiger charge is 2.46. The minimum absolute atomic E-state index is 0.00435. The third kappa shape index (κ3) is 1.72. The number of cyclic esters (lactones) is 1. The lowest BCUT2D eigenvalue weighted by Gasteiger charge is -2.25. The molecule has 16 heavy (non-hydrogen) atoms. The lowest BCUT2D eigenvalue weighted by molar-refractivity contribution is -0.148. The molecule has 0 saturated heterocycles. The maximum atomic E-state index is 11.7. The molecule has 0 aromatic rings. The fraction of sp³-hybridized carbons (Fsp3) is 0.667. The zero-order valence-corrected chi connectivity index (χ0v) is 9.56. The van der Waals surface area contributed by atoms with Crippen LogP contribution in [0.2, 0.25) is 0 Å². The number of hydrogen-bond donors (Lipinski definition) is 0. The molecule has 1 aliphatic carbocycles. The molecule has 0 spiro atoms. The van der Waals surface area contributed by atoms with Crippen molar-refractivity contribution in [2.75, 3.05) is 6.61 Å². The lowest BCUT2D eigenvalue weighted by Crippen LogP contribution is -2.32. The predicted octanol–water partition coefficient (Wildman–Crippen LogP) is 1.65. The van der Waals surface area contributed by atoms with E-state index in [-0.39, 0.29) is 29.7 Å². The highest BCUT2D eigenvalue weighted by molar-refractivity contribution is 5.92. The average Bonchev–Trinajstić information content (AvgIpc) is 2.62. The number of carbonyl (C=O) groups is 2. The zero-order chi connectivity index (χ0) is 11.7. The van der Waals surface area contributed by atoms with Gasteiger partial charge in [-0.2, -0.15) is 0 Å². The van der Waals surface area contributed by atoms with Crippen molar-refractivity contribution in [3.63, 3.8) is 0 Å². The van der Waals surface area contributed by atoms with Gasteiger partial charge in [0.2, 0.25) is 0 Å². The highest BCUT2D eigenvalue weighted by Crippen LogP contribution is 2.44. The Balaban J connectivity index is 2.21. The summed E-state index contributed by atoms with van der Waals surface area (Å²) in [5, 5.41) is 0. The van der Waals surface area contributed by atoms with Crippen molar-refractivity contribution in [2.45, 2.75) is 26.7 Å². The minimum Gasteiger partial charge on any atom is -0.463 e. The van der Waals surface area contributed by atoms with E-state index in [9.17, 15) is 9.59 Å². The van der Waals surface area contributed by atoms with Crippen LogP contribution in [-0.4, -0.2) is 18.5 Å². The van der Waals surface area contributed by atoms with E-state index < -0.39 is 0 Å². The number of esters is 2. The van der Waals surface area contributed by atoms with E-state index in [1.165, 1.54) is 6.26 Å². The Morgan fingerprint density at radius 2 is 2.31 bits per heavy atom. The fourth-order valence-corrected chi connectivity index (χ4v) is 2.65. The summed E-state index contributed by atoms with van der Waals surface area (Å²) in [5.74, 6) is -0.433. The molecule has 2 aliphatic rings. The first-order valence-corrected chi connectivity index (χ1v) is 5.72. The van der Waals surface area contributed by atoms with Gasteiger partial charge in [-0.05, 0) is 25.7 Å². The molecule has 0 aromatic heterocycles. The van der Waals surface area contributed by atoms with Crippen LogP contribution in [0.1, 0.15) is 26.7 Å². The largest absolute Gasteiger partial charge is 0.463 e. The van der Waals surface area contributed by atoms with Crippen LogP contribution in [0.15, 0.2) is 11.8 Å². The van der Waals surface area contributed by atoms with Gasteiger partial charge in [-0.1, -0.05) is 6.92 Å². The van der Waals surface area contributed by atoms with Gasteiger partial charge in [-0.15, -0.1) is 0 Å². The van der Waals surface area contributed by atoms with Crippen LogP contribution >= 0.6 is 0 Å². The Kier molecular flexibility index (Phi) is 2.99. The lowest BCUT2D eigenvalue weighted by atomic mass is 9.84. The van der Waals surface area contributed by atoms with Crippen molar-refractivity contribution in [2.24, 2.45) is 17.8 Å². The second-order valence-corrected chi connectivity index (χ2v) is 4.42. The molecule has 4 nitrogen and oxygen atoms in total. The van der Waals surface area contributed by atoms with Gasteiger partial charge in [-0.25, -0.2) is 4.79 Å². The SMILES string of the molecule is CCOC(=O)C1=COC(=O)[C@H]2[C@@H]1CC[C@@H]2C. The Morgan fingerprint density at radius 1 is 1.56 bits per heavy atom. The maximum absolute atomic E-state index is 11.7. The number of rotatable bonds is 2. The summed E-state index contributed by atoms with van der Waals surface area (Å²) in [6, 6.07) is 0. The summed E-state index contributed by atoms with van der Waals surface area (Å²) >= 11 is 0. The molecule has 4 heteroatoms. The molecule has 1 saturated carbocycles. The smallest absolute Gasteiger partial charge is 0.337 e. The fourth-order valence-electron chi connectivity index (χ4n) is 2.65. The van der Waals surface area contributed by atoms with E-state index in [0.717, 1.165) is 12.8 Å². The molecule has 1 fully saturated rings. The zero-order valence-electron chi connectivity index (χ0n) is 9.56. The molecular formula is C12H16O4. The van der Waals surface area contributed by atoms with Crippen molar-refractivity contribution in [1.29, 1.82) is 0 Å². The van der Waals surface area contributed by atoms with Gasteiger partial charge in [0.25, 0.3) is 0 Å². The average molecular weight is 224 g/mol. The quantitative estimate of drug-likeness (QED) is 0.669. The minimum atomic E-state index is -0.348. The molecule has 0 unspecified atom stereocenters. The molecule has 0 N–H and O–H groups in total. The van der Waals surface area contributed by atoms with Crippen molar-refractivity contribution in [3.05, 3.63) is 11.8 Å². The number of hydrogen-bond acceptors (Lipinski definition) is 4. The Hall–Kier alpha value is -1.32. The molecule has 0 amide bonds. The summed E-state index contributed by atoms with van der Waals surface area (Å²) in [4.78, 5) is 23.3. The van der Waals surface area contributed by atoms with Crippen molar-refractivity contribution in [3.8, 4) is 0 Å². The standard InChI is InChI=1S/C12H16O4/c1-3-15-11(13)9-6-16-12(14)10-7(2)4-5-8(9)10/h6-8,10H,3-5H2,1-2H3/t7-,8+,10+/m0/s1. The molecule has 0 bridgehead atoms. The molecule has 1 heterocycles. The highest BCUT2D eigenvalue weighted by atomic mass is 16.5. The van der Waals surface area contributed by atoms with Crippen LogP contribution in [0.25, 0.3) is 0 Å². The second kappa shape index (κ2) is 4.28. The van der Waals surface area contributed by atoms with Gasteiger partial charge in [0, 0.05) is 5.92 Å². The number of ether oxygens (including phenoxy) is 2. The predicted molar refractivity (Wildman–Crippen MR) is 56.2 cm³/mol. The molecule has 0 aromatic carbocycles. The maximum Gasteiger partial charge on any atom is 0.337 e. The van der Waals surface area contributed by atoms with E-state index in [4.69, 9.17) is 9.47 Å². The van der Waals surface area contributed by atoms with Crippen molar-refractivity contribution >= 4 is 11.9 Å². The normalized spacial score (nSPS) is 32.8. The number of fused-ring (bicyclic) bond motifs is 1. The van der Waals surface area contributed by atoms with E-state index in [0.29, 0.717) is 12.2 Å². The van der Waals surface area contributed by atoms with Gasteiger partial charge >= 0.3 is 11.9 Å². The third-order valence-corrected chi connectivity index (χ3v) is 3.46. The summed E-state index contributed by atoms with van der Waals surface area (Å²) in [5.41, 5.74) is 0.524. The Bertz CT molecular complexity index is 345. The summed E-state index contributed by atoms with van der Waals surface area (Å²) in [6.45, 7) is 4.14. The van der Waals surface area contributed by atoms with Gasteiger partial charge in [0.05, 0.1) is 18.1 Å². The van der Waals surface area contributed by atoms with Gasteiger partial charge in [-0.3, -0.25) is 4.79 Å². The van der Waals surface area contributed by atoms with Crippen LogP contribution in [0.5, 0.6) is 0 Å². The van der Waals surface area contributed by atoms with Crippen LogP contribution in [0.3, 0.4) is 0 Å². The molecule has 0 radical (unpaired) electrons. The van der Waals surface area contributed by atoms with Crippen LogP contribution in [0, 0.1) is 17.8 Å². The molecular weight excluding hydrogens is 208 g/mol. The van der Waals surface area contributed by atoms with Crippen molar-refractivity contribution < 1.29 is 19.1 Å². The summed E-state index contributed by atoms with van der Waals surface area (Å²) in [6.07, 6.45) is 3.10. The van der Waals surface area contributed by atoms with E-state index >= 15 is 0 Å². The van der Waals surface area contributed by atoms with E-state index in [1.807, 2.05) is 6.92 Å². The Labute approximate surface area is 94.6 Å². The molecule has 1 aliphatic heterocycles. The van der Waals surface area contributed by atoms with Crippen molar-refractivity contribution in [1.82, 2.24) is 0 Å². The first-order valence-electron chi connectivity index (χ1n) is 5.72. The first-order chi connectivity index (χ1) is 7.65. The van der Waals surface area contributed by atoms with Crippen LogP contribution in [0.4, 0.5) is 0 Å². The monoisotopic (exact) mass is 224 g/mol. The van der Waals surface area contributed by atoms with Gasteiger partial charge in [0.1, 0.15) is 6.26 Å². The van der Waals surface area contributed by atoms with Gasteiger partial charge in [0.15, 0.2) is 0 Å². The van der Waals surface area contributed by atoms with Gasteiger partial charge < -0.3 is 9.47 Å².